The molecule has 0 aliphatic carbocycles. The number of carbonyl (C=O) groups excluding carboxylic acids is 1. The zero-order chi connectivity index (χ0) is 18.5. The average Bonchev–Trinajstić information content (AvgIpc) is 3.25. The van der Waals surface area contributed by atoms with Gasteiger partial charge in [0.15, 0.2) is 23.0 Å². The van der Waals surface area contributed by atoms with E-state index in [2.05, 4.69) is 34.2 Å². The Kier molecular flexibility index (Phi) is 5.77. The van der Waals surface area contributed by atoms with Gasteiger partial charge in [-0.05, 0) is 65.4 Å². The Labute approximate surface area is 164 Å². The van der Waals surface area contributed by atoms with E-state index in [4.69, 9.17) is 18.6 Å². The molecule has 1 aromatic carbocycles. The van der Waals surface area contributed by atoms with E-state index >= 15 is 0 Å². The van der Waals surface area contributed by atoms with Crippen LogP contribution in [-0.4, -0.2) is 25.1 Å². The summed E-state index contributed by atoms with van der Waals surface area (Å²) in [6, 6.07) is 7.05. The molecule has 26 heavy (non-hydrogen) atoms. The van der Waals surface area contributed by atoms with Crippen molar-refractivity contribution in [3.8, 4) is 11.5 Å². The molecule has 1 aromatic heterocycles. The van der Waals surface area contributed by atoms with E-state index in [9.17, 15) is 4.79 Å². The number of cyclic esters (lactones) is 1. The molecule has 2 aromatic rings. The standard InChI is InChI=1S/C19H16INO5/c1-3-7-25-17-13(20)9-12(11-16(17)23-4-2)10-14-19(22)26-18(21-14)15-6-5-8-24-15/h3,5-6,8-11H,1,4,7H2,2H3/b14-10-. The molecule has 0 saturated carbocycles. The summed E-state index contributed by atoms with van der Waals surface area (Å²) in [5.74, 6) is 1.26. The minimum Gasteiger partial charge on any atom is -0.490 e. The summed E-state index contributed by atoms with van der Waals surface area (Å²) in [5.41, 5.74) is 0.939. The lowest BCUT2D eigenvalue weighted by molar-refractivity contribution is -0.130. The lowest BCUT2D eigenvalue weighted by Gasteiger charge is -2.13. The normalized spacial score (nSPS) is 14.9. The largest absolute Gasteiger partial charge is 0.490 e. The molecule has 0 radical (unpaired) electrons. The predicted molar refractivity (Wildman–Crippen MR) is 105 cm³/mol. The van der Waals surface area contributed by atoms with Gasteiger partial charge in [-0.3, -0.25) is 0 Å². The number of carbonyl (C=O) groups is 1. The van der Waals surface area contributed by atoms with Crippen LogP contribution >= 0.6 is 22.6 Å². The molecule has 0 unspecified atom stereocenters. The molecule has 1 aliphatic rings. The summed E-state index contributed by atoms with van der Waals surface area (Å²) in [4.78, 5) is 16.3. The van der Waals surface area contributed by atoms with Crippen LogP contribution in [0, 0.1) is 3.57 Å². The lowest BCUT2D eigenvalue weighted by atomic mass is 10.1. The van der Waals surface area contributed by atoms with Gasteiger partial charge in [-0.1, -0.05) is 12.7 Å². The number of rotatable bonds is 7. The zero-order valence-corrected chi connectivity index (χ0v) is 16.2. The number of furan rings is 1. The van der Waals surface area contributed by atoms with Crippen LogP contribution in [0.1, 0.15) is 18.2 Å². The van der Waals surface area contributed by atoms with E-state index in [1.165, 1.54) is 6.26 Å². The Morgan fingerprint density at radius 3 is 2.88 bits per heavy atom. The molecule has 0 fully saturated rings. The van der Waals surface area contributed by atoms with Crippen molar-refractivity contribution in [1.29, 1.82) is 0 Å². The third-order valence-corrected chi connectivity index (χ3v) is 4.13. The molecule has 134 valence electrons. The number of ether oxygens (including phenoxy) is 3. The number of halogens is 1. The van der Waals surface area contributed by atoms with Gasteiger partial charge in [0.2, 0.25) is 0 Å². The fourth-order valence-electron chi connectivity index (χ4n) is 2.29. The number of aliphatic imine (C=N–C) groups is 1. The monoisotopic (exact) mass is 465 g/mol. The number of esters is 1. The molecule has 7 heteroatoms. The first-order valence-electron chi connectivity index (χ1n) is 7.88. The SMILES string of the molecule is C=CCOc1c(I)cc(/C=C2\N=C(c3ccco3)OC2=O)cc1OCC. The fourth-order valence-corrected chi connectivity index (χ4v) is 3.07. The van der Waals surface area contributed by atoms with Gasteiger partial charge in [0.05, 0.1) is 16.4 Å². The van der Waals surface area contributed by atoms with Crippen molar-refractivity contribution < 1.29 is 23.4 Å². The number of hydrogen-bond donors (Lipinski definition) is 0. The Hall–Kier alpha value is -2.55. The molecule has 2 heterocycles. The fraction of sp³-hybridized carbons (Fsp3) is 0.158. The van der Waals surface area contributed by atoms with E-state index < -0.39 is 5.97 Å². The minimum atomic E-state index is -0.531. The van der Waals surface area contributed by atoms with Gasteiger partial charge >= 0.3 is 5.97 Å². The van der Waals surface area contributed by atoms with Crippen molar-refractivity contribution >= 4 is 40.5 Å². The van der Waals surface area contributed by atoms with Crippen LogP contribution in [0.5, 0.6) is 11.5 Å². The van der Waals surface area contributed by atoms with Crippen LogP contribution in [0.3, 0.4) is 0 Å². The summed E-state index contributed by atoms with van der Waals surface area (Å²) in [7, 11) is 0. The molecule has 6 nitrogen and oxygen atoms in total. The first-order valence-corrected chi connectivity index (χ1v) is 8.96. The summed E-state index contributed by atoms with van der Waals surface area (Å²) in [6.45, 7) is 6.41. The van der Waals surface area contributed by atoms with Gasteiger partial charge in [0.25, 0.3) is 5.90 Å². The van der Waals surface area contributed by atoms with Crippen molar-refractivity contribution in [2.24, 2.45) is 4.99 Å². The maximum Gasteiger partial charge on any atom is 0.363 e. The molecule has 3 rings (SSSR count). The summed E-state index contributed by atoms with van der Waals surface area (Å²) >= 11 is 2.16. The van der Waals surface area contributed by atoms with Crippen LogP contribution < -0.4 is 9.47 Å². The highest BCUT2D eigenvalue weighted by Crippen LogP contribution is 2.35. The van der Waals surface area contributed by atoms with E-state index in [0.29, 0.717) is 30.5 Å². The van der Waals surface area contributed by atoms with E-state index in [1.54, 1.807) is 30.4 Å². The third-order valence-electron chi connectivity index (χ3n) is 3.33. The van der Waals surface area contributed by atoms with Gasteiger partial charge in [-0.25, -0.2) is 9.79 Å². The highest BCUT2D eigenvalue weighted by Gasteiger charge is 2.26. The maximum absolute atomic E-state index is 12.1. The van der Waals surface area contributed by atoms with Crippen LogP contribution in [0.4, 0.5) is 0 Å². The number of benzene rings is 1. The summed E-state index contributed by atoms with van der Waals surface area (Å²) in [6.07, 6.45) is 4.80. The number of nitrogens with zero attached hydrogens (tertiary/aromatic N) is 1. The number of hydrogen-bond acceptors (Lipinski definition) is 6. The second-order valence-electron chi connectivity index (χ2n) is 5.18. The Balaban J connectivity index is 1.95. The molecule has 0 bridgehead atoms. The molecule has 0 spiro atoms. The van der Waals surface area contributed by atoms with Crippen molar-refractivity contribution in [3.63, 3.8) is 0 Å². The predicted octanol–water partition coefficient (Wildman–Crippen LogP) is 4.19. The summed E-state index contributed by atoms with van der Waals surface area (Å²) < 4.78 is 22.6. The highest BCUT2D eigenvalue weighted by atomic mass is 127. The van der Waals surface area contributed by atoms with Crippen molar-refractivity contribution in [3.05, 3.63) is 63.8 Å². The van der Waals surface area contributed by atoms with Crippen LogP contribution in [0.15, 0.2) is 58.3 Å². The van der Waals surface area contributed by atoms with Crippen LogP contribution in [-0.2, 0) is 9.53 Å². The molecule has 0 N–H and O–H groups in total. The average molecular weight is 465 g/mol. The molecular formula is C19H16INO5. The smallest absolute Gasteiger partial charge is 0.363 e. The highest BCUT2D eigenvalue weighted by molar-refractivity contribution is 14.1. The summed E-state index contributed by atoms with van der Waals surface area (Å²) in [5, 5.41) is 0. The van der Waals surface area contributed by atoms with Crippen molar-refractivity contribution in [1.82, 2.24) is 0 Å². The van der Waals surface area contributed by atoms with Gasteiger partial charge in [-0.15, -0.1) is 0 Å². The lowest BCUT2D eigenvalue weighted by Crippen LogP contribution is -2.04. The third kappa shape index (κ3) is 3.98. The van der Waals surface area contributed by atoms with Crippen molar-refractivity contribution in [2.75, 3.05) is 13.2 Å². The first kappa shape index (κ1) is 18.2. The second kappa shape index (κ2) is 8.22. The molecule has 1 aliphatic heterocycles. The molecule has 0 atom stereocenters. The molecule has 0 saturated heterocycles. The Bertz CT molecular complexity index is 884. The van der Waals surface area contributed by atoms with Crippen LogP contribution in [0.25, 0.3) is 6.08 Å². The first-order chi connectivity index (χ1) is 12.6. The Morgan fingerprint density at radius 1 is 1.35 bits per heavy atom. The molecule has 0 amide bonds. The Morgan fingerprint density at radius 2 is 2.19 bits per heavy atom. The van der Waals surface area contributed by atoms with E-state index in [0.717, 1.165) is 9.13 Å². The second-order valence-corrected chi connectivity index (χ2v) is 6.34. The van der Waals surface area contributed by atoms with E-state index in [1.807, 2.05) is 13.0 Å². The topological polar surface area (TPSA) is 70.3 Å². The van der Waals surface area contributed by atoms with Gasteiger partial charge in [0.1, 0.15) is 6.61 Å². The quantitative estimate of drug-likeness (QED) is 0.266. The maximum atomic E-state index is 12.1. The van der Waals surface area contributed by atoms with E-state index in [-0.39, 0.29) is 11.6 Å². The van der Waals surface area contributed by atoms with Crippen LogP contribution in [0.2, 0.25) is 0 Å². The van der Waals surface area contributed by atoms with Gasteiger partial charge in [0, 0.05) is 0 Å². The van der Waals surface area contributed by atoms with Gasteiger partial charge in [-0.2, -0.15) is 0 Å². The van der Waals surface area contributed by atoms with Crippen molar-refractivity contribution in [2.45, 2.75) is 6.92 Å². The minimum absolute atomic E-state index is 0.150. The molecular weight excluding hydrogens is 449 g/mol. The van der Waals surface area contributed by atoms with Gasteiger partial charge < -0.3 is 18.6 Å². The zero-order valence-electron chi connectivity index (χ0n) is 14.0.